The van der Waals surface area contributed by atoms with Crippen LogP contribution in [0, 0.1) is 0 Å². The molecule has 16 heavy (non-hydrogen) atoms. The largest absolute Gasteiger partial charge is 0.494 e. The van der Waals surface area contributed by atoms with Gasteiger partial charge >= 0.3 is 0 Å². The van der Waals surface area contributed by atoms with Crippen molar-refractivity contribution in [3.8, 4) is 5.75 Å². The van der Waals surface area contributed by atoms with Crippen molar-refractivity contribution in [1.29, 1.82) is 0 Å². The molecule has 0 unspecified atom stereocenters. The van der Waals surface area contributed by atoms with Crippen LogP contribution < -0.4 is 4.74 Å². The minimum absolute atomic E-state index is 0.826. The molecule has 0 fully saturated rings. The van der Waals surface area contributed by atoms with Gasteiger partial charge in [-0.3, -0.25) is 0 Å². The summed E-state index contributed by atoms with van der Waals surface area (Å²) in [5.41, 5.74) is 2.27. The van der Waals surface area contributed by atoms with Crippen LogP contribution in [0.15, 0.2) is 30.8 Å². The van der Waals surface area contributed by atoms with Gasteiger partial charge in [0.15, 0.2) is 0 Å². The van der Waals surface area contributed by atoms with Crippen molar-refractivity contribution in [3.63, 3.8) is 0 Å². The Morgan fingerprint density at radius 3 is 2.38 bits per heavy atom. The lowest BCUT2D eigenvalue weighted by Crippen LogP contribution is -1.97. The summed E-state index contributed by atoms with van der Waals surface area (Å²) in [6.07, 6.45) is 4.99. The minimum atomic E-state index is 0.826. The van der Waals surface area contributed by atoms with Crippen LogP contribution in [0.4, 0.5) is 0 Å². The molecule has 1 nitrogen and oxygen atoms in total. The molecule has 0 aliphatic rings. The number of rotatable bonds is 7. The third-order valence-corrected chi connectivity index (χ3v) is 2.61. The first-order valence-corrected chi connectivity index (χ1v) is 6.12. The molecular weight excluding hydrogens is 196 g/mol. The van der Waals surface area contributed by atoms with E-state index in [1.54, 1.807) is 0 Å². The highest BCUT2D eigenvalue weighted by Gasteiger charge is 1.96. The van der Waals surface area contributed by atoms with Crippen molar-refractivity contribution >= 4 is 5.57 Å². The summed E-state index contributed by atoms with van der Waals surface area (Å²) in [6.45, 7) is 8.97. The molecule has 0 saturated carbocycles. The summed E-state index contributed by atoms with van der Waals surface area (Å²) in [5, 5.41) is 0. The van der Waals surface area contributed by atoms with Crippen molar-refractivity contribution in [2.45, 2.75) is 39.5 Å². The van der Waals surface area contributed by atoms with Crippen molar-refractivity contribution < 1.29 is 4.74 Å². The lowest BCUT2D eigenvalue weighted by Gasteiger charge is -2.06. The lowest BCUT2D eigenvalue weighted by atomic mass is 10.1. The second-order valence-corrected chi connectivity index (χ2v) is 4.21. The van der Waals surface area contributed by atoms with E-state index in [1.165, 1.54) is 24.8 Å². The van der Waals surface area contributed by atoms with Crippen molar-refractivity contribution in [3.05, 3.63) is 36.4 Å². The molecule has 0 N–H and O–H groups in total. The molecule has 0 atom stereocenters. The average Bonchev–Trinajstić information content (AvgIpc) is 2.29. The lowest BCUT2D eigenvalue weighted by molar-refractivity contribution is 0.305. The van der Waals surface area contributed by atoms with Crippen LogP contribution in [0.2, 0.25) is 0 Å². The number of benzene rings is 1. The van der Waals surface area contributed by atoms with E-state index in [0.717, 1.165) is 24.4 Å². The number of hydrogen-bond acceptors (Lipinski definition) is 1. The molecule has 0 bridgehead atoms. The highest BCUT2D eigenvalue weighted by atomic mass is 16.5. The SMILES string of the molecule is C=C(C)c1ccc(OCCCCCC)cc1. The van der Waals surface area contributed by atoms with Gasteiger partial charge in [0.25, 0.3) is 0 Å². The molecule has 0 radical (unpaired) electrons. The fourth-order valence-corrected chi connectivity index (χ4v) is 1.55. The zero-order valence-electron chi connectivity index (χ0n) is 10.5. The monoisotopic (exact) mass is 218 g/mol. The minimum Gasteiger partial charge on any atom is -0.494 e. The topological polar surface area (TPSA) is 9.23 Å². The van der Waals surface area contributed by atoms with E-state index in [1.807, 2.05) is 19.1 Å². The predicted molar refractivity (Wildman–Crippen MR) is 70.8 cm³/mol. The van der Waals surface area contributed by atoms with Gasteiger partial charge in [-0.2, -0.15) is 0 Å². The van der Waals surface area contributed by atoms with Gasteiger partial charge in [-0.25, -0.2) is 0 Å². The van der Waals surface area contributed by atoms with Crippen LogP contribution in [-0.4, -0.2) is 6.61 Å². The fourth-order valence-electron chi connectivity index (χ4n) is 1.55. The van der Waals surface area contributed by atoms with Crippen molar-refractivity contribution in [2.24, 2.45) is 0 Å². The Morgan fingerprint density at radius 2 is 1.81 bits per heavy atom. The van der Waals surface area contributed by atoms with E-state index in [9.17, 15) is 0 Å². The maximum absolute atomic E-state index is 5.66. The number of unbranched alkanes of at least 4 members (excludes halogenated alkanes) is 3. The Balaban J connectivity index is 2.29. The smallest absolute Gasteiger partial charge is 0.119 e. The van der Waals surface area contributed by atoms with Gasteiger partial charge < -0.3 is 4.74 Å². The summed E-state index contributed by atoms with van der Waals surface area (Å²) in [4.78, 5) is 0. The highest BCUT2D eigenvalue weighted by molar-refractivity contribution is 5.61. The van der Waals surface area contributed by atoms with Gasteiger partial charge in [0.1, 0.15) is 5.75 Å². The molecule has 0 aliphatic carbocycles. The van der Waals surface area contributed by atoms with Crippen LogP contribution in [0.25, 0.3) is 5.57 Å². The first-order valence-electron chi connectivity index (χ1n) is 6.12. The Kier molecular flexibility index (Phi) is 5.69. The quantitative estimate of drug-likeness (QED) is 0.604. The Labute approximate surface area is 99.1 Å². The van der Waals surface area contributed by atoms with Crippen LogP contribution >= 0.6 is 0 Å². The summed E-state index contributed by atoms with van der Waals surface area (Å²) in [7, 11) is 0. The number of ether oxygens (including phenoxy) is 1. The second-order valence-electron chi connectivity index (χ2n) is 4.21. The van der Waals surface area contributed by atoms with Crippen molar-refractivity contribution in [1.82, 2.24) is 0 Å². The summed E-state index contributed by atoms with van der Waals surface area (Å²) in [6, 6.07) is 8.15. The second kappa shape index (κ2) is 7.10. The molecule has 0 saturated heterocycles. The van der Waals surface area contributed by atoms with Crippen molar-refractivity contribution in [2.75, 3.05) is 6.61 Å². The molecule has 88 valence electrons. The Morgan fingerprint density at radius 1 is 1.12 bits per heavy atom. The van der Waals surface area contributed by atoms with Crippen LogP contribution in [0.5, 0.6) is 5.75 Å². The van der Waals surface area contributed by atoms with Gasteiger partial charge in [0.2, 0.25) is 0 Å². The Bertz CT molecular complexity index is 311. The van der Waals surface area contributed by atoms with Crippen LogP contribution in [-0.2, 0) is 0 Å². The van der Waals surface area contributed by atoms with E-state index >= 15 is 0 Å². The molecule has 0 amide bonds. The summed E-state index contributed by atoms with van der Waals surface area (Å²) >= 11 is 0. The fraction of sp³-hybridized carbons (Fsp3) is 0.467. The van der Waals surface area contributed by atoms with Gasteiger partial charge in [0.05, 0.1) is 6.61 Å². The first-order chi connectivity index (χ1) is 7.74. The van der Waals surface area contributed by atoms with Crippen LogP contribution in [0.3, 0.4) is 0 Å². The molecule has 1 rings (SSSR count). The highest BCUT2D eigenvalue weighted by Crippen LogP contribution is 2.17. The molecule has 0 aliphatic heterocycles. The van der Waals surface area contributed by atoms with Crippen LogP contribution in [0.1, 0.15) is 45.1 Å². The molecule has 0 spiro atoms. The molecule has 1 heteroatoms. The molecule has 1 aromatic rings. The van der Waals surface area contributed by atoms with E-state index < -0.39 is 0 Å². The molecule has 1 aromatic carbocycles. The maximum Gasteiger partial charge on any atom is 0.119 e. The Hall–Kier alpha value is -1.24. The number of hydrogen-bond donors (Lipinski definition) is 0. The molecule has 0 heterocycles. The van der Waals surface area contributed by atoms with Gasteiger partial charge in [-0.15, -0.1) is 0 Å². The van der Waals surface area contributed by atoms with Gasteiger partial charge in [-0.05, 0) is 31.0 Å². The average molecular weight is 218 g/mol. The third kappa shape index (κ3) is 4.52. The normalized spacial score (nSPS) is 10.1. The van der Waals surface area contributed by atoms with E-state index in [2.05, 4.69) is 25.6 Å². The van der Waals surface area contributed by atoms with E-state index in [0.29, 0.717) is 0 Å². The third-order valence-electron chi connectivity index (χ3n) is 2.61. The summed E-state index contributed by atoms with van der Waals surface area (Å²) < 4.78 is 5.66. The standard InChI is InChI=1S/C15H22O/c1-4-5-6-7-12-16-15-10-8-14(9-11-15)13(2)3/h8-11H,2,4-7,12H2,1,3H3. The molecular formula is C15H22O. The zero-order chi connectivity index (χ0) is 11.8. The maximum atomic E-state index is 5.66. The van der Waals surface area contributed by atoms with Gasteiger partial charge in [0, 0.05) is 0 Å². The first kappa shape index (κ1) is 12.8. The van der Waals surface area contributed by atoms with Gasteiger partial charge in [-0.1, -0.05) is 50.5 Å². The molecule has 0 aromatic heterocycles. The summed E-state index contributed by atoms with van der Waals surface area (Å²) in [5.74, 6) is 0.960. The number of allylic oxidation sites excluding steroid dienone is 1. The van der Waals surface area contributed by atoms with E-state index in [-0.39, 0.29) is 0 Å². The van der Waals surface area contributed by atoms with E-state index in [4.69, 9.17) is 4.74 Å². The zero-order valence-corrected chi connectivity index (χ0v) is 10.5. The predicted octanol–water partition coefficient (Wildman–Crippen LogP) is 4.68.